The zero-order valence-corrected chi connectivity index (χ0v) is 11.3. The fourth-order valence-electron chi connectivity index (χ4n) is 2.47. The van der Waals surface area contributed by atoms with Crippen LogP contribution in [-0.2, 0) is 16.1 Å². The number of rotatable bonds is 3. The van der Waals surface area contributed by atoms with Crippen molar-refractivity contribution in [1.82, 2.24) is 4.98 Å². The maximum Gasteiger partial charge on any atom is 0.242 e. The topological polar surface area (TPSA) is 94.5 Å². The molecule has 1 saturated heterocycles. The number of morpholine rings is 1. The molecule has 6 heteroatoms. The summed E-state index contributed by atoms with van der Waals surface area (Å²) in [6.07, 6.45) is 0. The van der Waals surface area contributed by atoms with Gasteiger partial charge in [0.05, 0.1) is 13.2 Å². The van der Waals surface area contributed by atoms with Gasteiger partial charge in [0.2, 0.25) is 5.91 Å². The molecule has 1 amide bonds. The molecule has 104 valence electrons. The predicted molar refractivity (Wildman–Crippen MR) is 72.7 cm³/mol. The number of carbonyl (C=O) groups excluding carboxylic acids is 1. The number of hydrogen-bond acceptors (Lipinski definition) is 5. The number of aryl methyl sites for hydroxylation is 2. The largest absolute Gasteiger partial charge is 0.377 e. The first-order valence-electron chi connectivity index (χ1n) is 6.35. The van der Waals surface area contributed by atoms with Crippen molar-refractivity contribution < 1.29 is 9.53 Å². The minimum atomic E-state index is -0.444. The molecular formula is C13H20N4O2. The van der Waals surface area contributed by atoms with Crippen LogP contribution in [0, 0.1) is 13.8 Å². The van der Waals surface area contributed by atoms with E-state index in [-0.39, 0.29) is 5.91 Å². The number of nitrogens with two attached hydrogens (primary N) is 2. The Morgan fingerprint density at radius 3 is 2.95 bits per heavy atom. The van der Waals surface area contributed by atoms with Gasteiger partial charge >= 0.3 is 0 Å². The van der Waals surface area contributed by atoms with E-state index in [2.05, 4.69) is 4.98 Å². The Hall–Kier alpha value is -1.66. The van der Waals surface area contributed by atoms with Crippen LogP contribution in [0.1, 0.15) is 17.0 Å². The third kappa shape index (κ3) is 2.69. The van der Waals surface area contributed by atoms with E-state index in [4.69, 9.17) is 16.2 Å². The van der Waals surface area contributed by atoms with Gasteiger partial charge in [-0.25, -0.2) is 0 Å². The lowest BCUT2D eigenvalue weighted by molar-refractivity contribution is -0.121. The maximum atomic E-state index is 11.6. The standard InChI is InChI=1S/C13H20N4O2/c1-8-5-11(10(6-14)9(2)16-8)17-3-4-19-7-12(17)13(15)18/h5,12H,3-4,6-7,14H2,1-2H3,(H2,15,18). The lowest BCUT2D eigenvalue weighted by Gasteiger charge is -2.36. The molecule has 6 nitrogen and oxygen atoms in total. The molecule has 1 unspecified atom stereocenters. The fraction of sp³-hybridized carbons (Fsp3) is 0.538. The summed E-state index contributed by atoms with van der Waals surface area (Å²) in [5.41, 5.74) is 15.0. The van der Waals surface area contributed by atoms with Gasteiger partial charge in [0, 0.05) is 35.7 Å². The number of primary amides is 1. The lowest BCUT2D eigenvalue weighted by atomic mass is 10.1. The summed E-state index contributed by atoms with van der Waals surface area (Å²) >= 11 is 0. The predicted octanol–water partition coefficient (Wildman–Crippen LogP) is -0.152. The van der Waals surface area contributed by atoms with Crippen LogP contribution in [0.4, 0.5) is 5.69 Å². The molecule has 1 fully saturated rings. The zero-order valence-electron chi connectivity index (χ0n) is 11.3. The van der Waals surface area contributed by atoms with E-state index in [1.54, 1.807) is 0 Å². The molecule has 0 radical (unpaired) electrons. The van der Waals surface area contributed by atoms with Crippen molar-refractivity contribution in [2.45, 2.75) is 26.4 Å². The van der Waals surface area contributed by atoms with Crippen LogP contribution in [0.5, 0.6) is 0 Å². The van der Waals surface area contributed by atoms with Crippen molar-refractivity contribution in [2.24, 2.45) is 11.5 Å². The highest BCUT2D eigenvalue weighted by Gasteiger charge is 2.29. The Morgan fingerprint density at radius 1 is 1.58 bits per heavy atom. The van der Waals surface area contributed by atoms with Crippen molar-refractivity contribution >= 4 is 11.6 Å². The molecule has 0 bridgehead atoms. The first kappa shape index (κ1) is 13.8. The second kappa shape index (κ2) is 5.54. The molecule has 4 N–H and O–H groups in total. The second-order valence-electron chi connectivity index (χ2n) is 4.74. The molecule has 0 aromatic carbocycles. The molecule has 1 aliphatic rings. The van der Waals surface area contributed by atoms with Crippen LogP contribution in [0.2, 0.25) is 0 Å². The van der Waals surface area contributed by atoms with Gasteiger partial charge in [-0.1, -0.05) is 0 Å². The van der Waals surface area contributed by atoms with Crippen molar-refractivity contribution in [3.63, 3.8) is 0 Å². The first-order valence-corrected chi connectivity index (χ1v) is 6.35. The number of amides is 1. The van der Waals surface area contributed by atoms with E-state index < -0.39 is 6.04 Å². The Bertz CT molecular complexity index is 490. The molecular weight excluding hydrogens is 244 g/mol. The highest BCUT2D eigenvalue weighted by molar-refractivity contribution is 5.84. The number of ether oxygens (including phenoxy) is 1. The van der Waals surface area contributed by atoms with Crippen molar-refractivity contribution in [3.05, 3.63) is 23.0 Å². The average molecular weight is 264 g/mol. The minimum Gasteiger partial charge on any atom is -0.377 e. The summed E-state index contributed by atoms with van der Waals surface area (Å²) in [6.45, 7) is 5.77. The Morgan fingerprint density at radius 2 is 2.32 bits per heavy atom. The number of nitrogens with zero attached hydrogens (tertiary/aromatic N) is 2. The maximum absolute atomic E-state index is 11.6. The van der Waals surface area contributed by atoms with Crippen LogP contribution in [0.3, 0.4) is 0 Å². The lowest BCUT2D eigenvalue weighted by Crippen LogP contribution is -2.53. The van der Waals surface area contributed by atoms with Crippen molar-refractivity contribution in [1.29, 1.82) is 0 Å². The third-order valence-corrected chi connectivity index (χ3v) is 3.41. The molecule has 2 rings (SSSR count). The highest BCUT2D eigenvalue weighted by atomic mass is 16.5. The number of anilines is 1. The SMILES string of the molecule is Cc1cc(N2CCOCC2C(N)=O)c(CN)c(C)n1. The van der Waals surface area contributed by atoms with Gasteiger partial charge in [0.15, 0.2) is 0 Å². The fourth-order valence-corrected chi connectivity index (χ4v) is 2.47. The van der Waals surface area contributed by atoms with E-state index >= 15 is 0 Å². The van der Waals surface area contributed by atoms with Crippen LogP contribution in [0.15, 0.2) is 6.07 Å². The summed E-state index contributed by atoms with van der Waals surface area (Å²) in [6, 6.07) is 1.51. The molecule has 2 heterocycles. The van der Waals surface area contributed by atoms with Gasteiger partial charge in [-0.15, -0.1) is 0 Å². The van der Waals surface area contributed by atoms with E-state index in [0.29, 0.717) is 26.3 Å². The monoisotopic (exact) mass is 264 g/mol. The Balaban J connectivity index is 2.46. The van der Waals surface area contributed by atoms with Gasteiger partial charge < -0.3 is 21.1 Å². The zero-order chi connectivity index (χ0) is 14.0. The molecule has 1 atom stereocenters. The molecule has 0 spiro atoms. The van der Waals surface area contributed by atoms with E-state index in [1.165, 1.54) is 0 Å². The summed E-state index contributed by atoms with van der Waals surface area (Å²) < 4.78 is 5.34. The normalized spacial score (nSPS) is 19.5. The number of carbonyl (C=O) groups is 1. The van der Waals surface area contributed by atoms with Gasteiger partial charge in [-0.3, -0.25) is 9.78 Å². The molecule has 0 saturated carbocycles. The summed E-state index contributed by atoms with van der Waals surface area (Å²) in [5.74, 6) is -0.380. The van der Waals surface area contributed by atoms with Crippen LogP contribution < -0.4 is 16.4 Å². The van der Waals surface area contributed by atoms with Crippen molar-refractivity contribution in [2.75, 3.05) is 24.7 Å². The third-order valence-electron chi connectivity index (χ3n) is 3.41. The molecule has 1 aromatic rings. The quantitative estimate of drug-likeness (QED) is 0.791. The molecule has 0 aliphatic carbocycles. The summed E-state index contributed by atoms with van der Waals surface area (Å²) in [7, 11) is 0. The second-order valence-corrected chi connectivity index (χ2v) is 4.74. The molecule has 1 aromatic heterocycles. The average Bonchev–Trinajstić information content (AvgIpc) is 2.37. The van der Waals surface area contributed by atoms with Crippen molar-refractivity contribution in [3.8, 4) is 0 Å². The minimum absolute atomic E-state index is 0.319. The summed E-state index contributed by atoms with van der Waals surface area (Å²) in [4.78, 5) is 18.0. The van der Waals surface area contributed by atoms with Gasteiger partial charge in [0.25, 0.3) is 0 Å². The molecule has 1 aliphatic heterocycles. The van der Waals surface area contributed by atoms with Gasteiger partial charge in [-0.05, 0) is 19.9 Å². The van der Waals surface area contributed by atoms with E-state index in [1.807, 2.05) is 24.8 Å². The molecule has 19 heavy (non-hydrogen) atoms. The van der Waals surface area contributed by atoms with Crippen LogP contribution >= 0.6 is 0 Å². The number of aromatic nitrogens is 1. The van der Waals surface area contributed by atoms with Crippen LogP contribution in [0.25, 0.3) is 0 Å². The Labute approximate surface area is 112 Å². The number of pyridine rings is 1. The first-order chi connectivity index (χ1) is 9.04. The van der Waals surface area contributed by atoms with E-state index in [0.717, 1.165) is 22.6 Å². The number of hydrogen-bond donors (Lipinski definition) is 2. The highest BCUT2D eigenvalue weighted by Crippen LogP contribution is 2.26. The Kier molecular flexibility index (Phi) is 4.01. The smallest absolute Gasteiger partial charge is 0.242 e. The van der Waals surface area contributed by atoms with E-state index in [9.17, 15) is 4.79 Å². The van der Waals surface area contributed by atoms with Gasteiger partial charge in [-0.2, -0.15) is 0 Å². The van der Waals surface area contributed by atoms with Gasteiger partial charge in [0.1, 0.15) is 6.04 Å². The summed E-state index contributed by atoms with van der Waals surface area (Å²) in [5, 5.41) is 0. The van der Waals surface area contributed by atoms with Crippen LogP contribution in [-0.4, -0.2) is 36.7 Å².